The van der Waals surface area contributed by atoms with Crippen molar-refractivity contribution < 1.29 is 29.7 Å². The molecule has 1 rings (SSSR count). The fourth-order valence-corrected chi connectivity index (χ4v) is 2.78. The number of carboxylic acids is 3. The van der Waals surface area contributed by atoms with Crippen LogP contribution in [-0.2, 0) is 27.2 Å². The smallest absolute Gasteiger partial charge is 0.311 e. The fraction of sp³-hybridized carbons (Fsp3) is 0.556. The molecule has 138 valence electrons. The minimum absolute atomic E-state index is 0.0319. The largest absolute Gasteiger partial charge is 0.481 e. The molecule has 0 aromatic carbocycles. The summed E-state index contributed by atoms with van der Waals surface area (Å²) in [5, 5.41) is 27.4. The average Bonchev–Trinajstić information content (AvgIpc) is 2.53. The molecule has 0 radical (unpaired) electrons. The third kappa shape index (κ3) is 6.17. The molecule has 1 heterocycles. The average molecular weight is 351 g/mol. The first-order chi connectivity index (χ1) is 11.8. The van der Waals surface area contributed by atoms with Crippen molar-refractivity contribution in [3.05, 3.63) is 29.1 Å². The van der Waals surface area contributed by atoms with Gasteiger partial charge in [-0.1, -0.05) is 19.9 Å². The summed E-state index contributed by atoms with van der Waals surface area (Å²) in [7, 11) is 0. The molecule has 7 heteroatoms. The van der Waals surface area contributed by atoms with Gasteiger partial charge >= 0.3 is 17.9 Å². The second kappa shape index (κ2) is 9.76. The predicted octanol–water partition coefficient (Wildman–Crippen LogP) is 2.72. The zero-order valence-electron chi connectivity index (χ0n) is 14.6. The number of carbonyl (C=O) groups is 3. The van der Waals surface area contributed by atoms with E-state index in [9.17, 15) is 24.6 Å². The Morgan fingerprint density at radius 1 is 1.08 bits per heavy atom. The molecule has 1 aromatic heterocycles. The van der Waals surface area contributed by atoms with Crippen molar-refractivity contribution in [3.8, 4) is 0 Å². The third-order valence-corrected chi connectivity index (χ3v) is 4.28. The van der Waals surface area contributed by atoms with Crippen molar-refractivity contribution in [1.82, 2.24) is 4.98 Å². The van der Waals surface area contributed by atoms with E-state index in [2.05, 4.69) is 4.98 Å². The number of rotatable bonds is 11. The molecule has 0 aliphatic rings. The molecule has 0 spiro atoms. The lowest BCUT2D eigenvalue weighted by molar-refractivity contribution is -0.142. The molecule has 0 saturated carbocycles. The maximum absolute atomic E-state index is 11.6. The normalized spacial score (nSPS) is 13.2. The van der Waals surface area contributed by atoms with Crippen LogP contribution in [0.2, 0.25) is 0 Å². The molecule has 7 nitrogen and oxygen atoms in total. The summed E-state index contributed by atoms with van der Waals surface area (Å²) in [5.41, 5.74) is 1.79. The van der Waals surface area contributed by atoms with E-state index in [1.165, 1.54) is 0 Å². The number of carboxylic acid groups (broad SMARTS) is 3. The Hall–Kier alpha value is -2.44. The Morgan fingerprint density at radius 3 is 2.24 bits per heavy atom. The highest BCUT2D eigenvalue weighted by Gasteiger charge is 2.25. The molecule has 0 saturated heterocycles. The van der Waals surface area contributed by atoms with Gasteiger partial charge in [0.05, 0.1) is 11.8 Å². The van der Waals surface area contributed by atoms with Gasteiger partial charge in [-0.15, -0.1) is 0 Å². The van der Waals surface area contributed by atoms with Crippen LogP contribution >= 0.6 is 0 Å². The SMILES string of the molecule is CCC(Cc1ncc(CCCC(=O)O)cc1C(CC)C(=O)O)C(=O)O. The standard InChI is InChI=1S/C18H25NO6/c1-3-12(17(22)23)9-15-14(13(4-2)18(24)25)8-11(10-19-15)6-5-7-16(20)21/h8,10,12-13H,3-7,9H2,1-2H3,(H,20,21)(H,22,23)(H,24,25). The van der Waals surface area contributed by atoms with E-state index >= 15 is 0 Å². The zero-order valence-corrected chi connectivity index (χ0v) is 14.6. The maximum Gasteiger partial charge on any atom is 0.311 e. The van der Waals surface area contributed by atoms with Crippen molar-refractivity contribution in [2.45, 2.75) is 58.3 Å². The number of nitrogens with zero attached hydrogens (tertiary/aromatic N) is 1. The number of hydrogen-bond donors (Lipinski definition) is 3. The van der Waals surface area contributed by atoms with Crippen LogP contribution in [0.1, 0.15) is 62.3 Å². The number of pyridine rings is 1. The number of aromatic nitrogens is 1. The summed E-state index contributed by atoms with van der Waals surface area (Å²) in [6.45, 7) is 3.53. The Labute approximate surface area is 146 Å². The minimum atomic E-state index is -0.975. The van der Waals surface area contributed by atoms with Gasteiger partial charge in [0.25, 0.3) is 0 Å². The Balaban J connectivity index is 3.15. The maximum atomic E-state index is 11.6. The van der Waals surface area contributed by atoms with E-state index in [0.29, 0.717) is 36.9 Å². The number of aryl methyl sites for hydroxylation is 1. The quantitative estimate of drug-likeness (QED) is 0.559. The van der Waals surface area contributed by atoms with Crippen molar-refractivity contribution in [3.63, 3.8) is 0 Å². The Kier molecular flexibility index (Phi) is 8.04. The molecule has 25 heavy (non-hydrogen) atoms. The van der Waals surface area contributed by atoms with Crippen molar-refractivity contribution >= 4 is 17.9 Å². The topological polar surface area (TPSA) is 125 Å². The fourth-order valence-electron chi connectivity index (χ4n) is 2.78. The Bertz CT molecular complexity index is 628. The lowest BCUT2D eigenvalue weighted by Gasteiger charge is -2.18. The molecule has 0 fully saturated rings. The second-order valence-electron chi connectivity index (χ2n) is 6.07. The van der Waals surface area contributed by atoms with E-state index in [4.69, 9.17) is 5.11 Å². The summed E-state index contributed by atoms with van der Waals surface area (Å²) < 4.78 is 0. The van der Waals surface area contributed by atoms with Crippen molar-refractivity contribution in [2.24, 2.45) is 5.92 Å². The van der Waals surface area contributed by atoms with E-state index in [1.54, 1.807) is 26.1 Å². The molecule has 0 amide bonds. The Morgan fingerprint density at radius 2 is 1.76 bits per heavy atom. The van der Waals surface area contributed by atoms with Gasteiger partial charge in [0, 0.05) is 24.7 Å². The number of hydrogen-bond acceptors (Lipinski definition) is 4. The minimum Gasteiger partial charge on any atom is -0.481 e. The molecule has 2 unspecified atom stereocenters. The van der Waals surface area contributed by atoms with E-state index in [1.807, 2.05) is 0 Å². The van der Waals surface area contributed by atoms with Crippen LogP contribution < -0.4 is 0 Å². The summed E-state index contributed by atoms with van der Waals surface area (Å²) in [6.07, 6.45) is 3.52. The van der Waals surface area contributed by atoms with Crippen LogP contribution in [0.4, 0.5) is 0 Å². The number of aliphatic carboxylic acids is 3. The highest BCUT2D eigenvalue weighted by Crippen LogP contribution is 2.26. The lowest BCUT2D eigenvalue weighted by atomic mass is 9.89. The van der Waals surface area contributed by atoms with Crippen LogP contribution in [0, 0.1) is 5.92 Å². The molecule has 1 aromatic rings. The highest BCUT2D eigenvalue weighted by atomic mass is 16.4. The van der Waals surface area contributed by atoms with Gasteiger partial charge in [-0.05, 0) is 36.8 Å². The molecule has 0 aliphatic heterocycles. The van der Waals surface area contributed by atoms with Crippen LogP contribution in [0.25, 0.3) is 0 Å². The van der Waals surface area contributed by atoms with Gasteiger partial charge in [-0.25, -0.2) is 0 Å². The summed E-state index contributed by atoms with van der Waals surface area (Å²) in [6, 6.07) is 1.74. The van der Waals surface area contributed by atoms with Crippen LogP contribution in [0.15, 0.2) is 12.3 Å². The van der Waals surface area contributed by atoms with Gasteiger partial charge < -0.3 is 15.3 Å². The molecule has 3 N–H and O–H groups in total. The van der Waals surface area contributed by atoms with Gasteiger partial charge in [0.1, 0.15) is 0 Å². The molecule has 0 aliphatic carbocycles. The lowest BCUT2D eigenvalue weighted by Crippen LogP contribution is -2.20. The van der Waals surface area contributed by atoms with Crippen LogP contribution in [0.3, 0.4) is 0 Å². The summed E-state index contributed by atoms with van der Waals surface area (Å²) in [4.78, 5) is 37.8. The third-order valence-electron chi connectivity index (χ3n) is 4.28. The first-order valence-electron chi connectivity index (χ1n) is 8.45. The monoisotopic (exact) mass is 351 g/mol. The molecular weight excluding hydrogens is 326 g/mol. The first kappa shape index (κ1) is 20.6. The summed E-state index contributed by atoms with van der Waals surface area (Å²) in [5.74, 6) is -4.15. The van der Waals surface area contributed by atoms with Crippen LogP contribution in [-0.4, -0.2) is 38.2 Å². The molecule has 0 bridgehead atoms. The molecule has 2 atom stereocenters. The highest BCUT2D eigenvalue weighted by molar-refractivity contribution is 5.76. The van der Waals surface area contributed by atoms with Crippen molar-refractivity contribution in [2.75, 3.05) is 0 Å². The van der Waals surface area contributed by atoms with Crippen molar-refractivity contribution in [1.29, 1.82) is 0 Å². The van der Waals surface area contributed by atoms with Gasteiger partial charge in [0.15, 0.2) is 0 Å². The zero-order chi connectivity index (χ0) is 19.0. The van der Waals surface area contributed by atoms with Gasteiger partial charge in [-0.3, -0.25) is 19.4 Å². The van der Waals surface area contributed by atoms with E-state index in [0.717, 1.165) is 5.56 Å². The first-order valence-corrected chi connectivity index (χ1v) is 8.45. The van der Waals surface area contributed by atoms with Gasteiger partial charge in [-0.2, -0.15) is 0 Å². The van der Waals surface area contributed by atoms with Crippen LogP contribution in [0.5, 0.6) is 0 Å². The van der Waals surface area contributed by atoms with E-state index < -0.39 is 29.7 Å². The summed E-state index contributed by atoms with van der Waals surface area (Å²) >= 11 is 0. The second-order valence-corrected chi connectivity index (χ2v) is 6.07. The molecular formula is C18H25NO6. The van der Waals surface area contributed by atoms with E-state index in [-0.39, 0.29) is 12.8 Å². The predicted molar refractivity (Wildman–Crippen MR) is 90.6 cm³/mol. The van der Waals surface area contributed by atoms with Gasteiger partial charge in [0.2, 0.25) is 0 Å².